The summed E-state index contributed by atoms with van der Waals surface area (Å²) >= 11 is 0. The molecule has 1 heterocycles. The van der Waals surface area contributed by atoms with Crippen LogP contribution in [0, 0.1) is 5.92 Å². The van der Waals surface area contributed by atoms with Gasteiger partial charge >= 0.3 is 0 Å². The molecule has 4 rings (SSSR count). The summed E-state index contributed by atoms with van der Waals surface area (Å²) < 4.78 is 0. The summed E-state index contributed by atoms with van der Waals surface area (Å²) in [6.45, 7) is 4.36. The molecule has 192 valence electrons. The van der Waals surface area contributed by atoms with Crippen molar-refractivity contribution in [2.75, 3.05) is 37.3 Å². The molecule has 3 amide bonds. The summed E-state index contributed by atoms with van der Waals surface area (Å²) in [5, 5.41) is 5.93. The Morgan fingerprint density at radius 3 is 2.27 bits per heavy atom. The zero-order valence-corrected chi connectivity index (χ0v) is 21.4. The second kappa shape index (κ2) is 12.2. The molecule has 3 aromatic carbocycles. The number of anilines is 2. The van der Waals surface area contributed by atoms with E-state index in [1.165, 1.54) is 0 Å². The molecule has 7 nitrogen and oxygen atoms in total. The van der Waals surface area contributed by atoms with Crippen LogP contribution in [0.5, 0.6) is 0 Å². The largest absolute Gasteiger partial charge is 0.376 e. The van der Waals surface area contributed by atoms with Gasteiger partial charge in [0.2, 0.25) is 5.91 Å². The Kier molecular flexibility index (Phi) is 8.56. The van der Waals surface area contributed by atoms with Crippen molar-refractivity contribution in [2.24, 2.45) is 5.92 Å². The van der Waals surface area contributed by atoms with Crippen molar-refractivity contribution in [3.8, 4) is 0 Å². The van der Waals surface area contributed by atoms with Crippen LogP contribution >= 0.6 is 0 Å². The van der Waals surface area contributed by atoms with Gasteiger partial charge in [-0.1, -0.05) is 43.3 Å². The van der Waals surface area contributed by atoms with Gasteiger partial charge in [-0.3, -0.25) is 14.4 Å². The second-order valence-electron chi connectivity index (χ2n) is 9.68. The molecule has 0 aromatic heterocycles. The molecule has 0 saturated carbocycles. The van der Waals surface area contributed by atoms with Crippen molar-refractivity contribution in [3.05, 3.63) is 95.6 Å². The number of nitrogens with one attached hydrogen (secondary N) is 2. The molecule has 3 aromatic rings. The number of rotatable bonds is 8. The molecule has 0 atom stereocenters. The van der Waals surface area contributed by atoms with Crippen molar-refractivity contribution in [3.63, 3.8) is 0 Å². The molecule has 2 N–H and O–H groups in total. The highest BCUT2D eigenvalue weighted by Crippen LogP contribution is 2.19. The fraction of sp³-hybridized carbons (Fsp3) is 0.300. The predicted molar refractivity (Wildman–Crippen MR) is 147 cm³/mol. The van der Waals surface area contributed by atoms with Gasteiger partial charge in [0.15, 0.2) is 0 Å². The molecule has 1 aliphatic rings. The van der Waals surface area contributed by atoms with E-state index in [0.29, 0.717) is 35.0 Å². The second-order valence-corrected chi connectivity index (χ2v) is 9.68. The highest BCUT2D eigenvalue weighted by molar-refractivity contribution is 5.97. The van der Waals surface area contributed by atoms with Crippen molar-refractivity contribution < 1.29 is 14.4 Å². The molecule has 0 unspecified atom stereocenters. The van der Waals surface area contributed by atoms with Gasteiger partial charge in [0, 0.05) is 49.2 Å². The van der Waals surface area contributed by atoms with Crippen molar-refractivity contribution in [2.45, 2.75) is 26.3 Å². The molecule has 1 fully saturated rings. The lowest BCUT2D eigenvalue weighted by molar-refractivity contribution is -0.114. The van der Waals surface area contributed by atoms with Crippen molar-refractivity contribution >= 4 is 29.1 Å². The third-order valence-corrected chi connectivity index (χ3v) is 6.66. The highest BCUT2D eigenvalue weighted by atomic mass is 16.2. The molecule has 1 aliphatic heterocycles. The first-order valence-corrected chi connectivity index (χ1v) is 12.7. The maximum atomic E-state index is 12.9. The smallest absolute Gasteiger partial charge is 0.253 e. The van der Waals surface area contributed by atoms with Crippen LogP contribution in [-0.4, -0.2) is 54.2 Å². The standard InChI is InChI=1S/C30H34N4O3/c1-22-15-17-34(18-16-22)30(37)24-11-13-26(14-12-24)32-28(35)20-31-27-10-6-9-25(19-27)29(36)33(2)21-23-7-4-3-5-8-23/h3-14,19,22,31H,15-18,20-21H2,1-2H3,(H,32,35). The first kappa shape index (κ1) is 25.9. The van der Waals surface area contributed by atoms with Gasteiger partial charge in [-0.05, 0) is 66.8 Å². The maximum Gasteiger partial charge on any atom is 0.253 e. The van der Waals surface area contributed by atoms with Crippen LogP contribution in [0.2, 0.25) is 0 Å². The van der Waals surface area contributed by atoms with Gasteiger partial charge in [-0.15, -0.1) is 0 Å². The number of carbonyl (C=O) groups is 3. The number of amides is 3. The number of carbonyl (C=O) groups excluding carboxylic acids is 3. The van der Waals surface area contributed by atoms with E-state index in [4.69, 9.17) is 0 Å². The van der Waals surface area contributed by atoms with Crippen LogP contribution in [0.15, 0.2) is 78.9 Å². The lowest BCUT2D eigenvalue weighted by Crippen LogP contribution is -2.37. The average Bonchev–Trinajstić information content (AvgIpc) is 2.92. The number of hydrogen-bond donors (Lipinski definition) is 2. The van der Waals surface area contributed by atoms with Gasteiger partial charge in [-0.25, -0.2) is 0 Å². The number of nitrogens with zero attached hydrogens (tertiary/aromatic N) is 2. The van der Waals surface area contributed by atoms with E-state index >= 15 is 0 Å². The average molecular weight is 499 g/mol. The topological polar surface area (TPSA) is 81.8 Å². The Balaban J connectivity index is 1.27. The fourth-order valence-corrected chi connectivity index (χ4v) is 4.39. The number of likely N-dealkylation sites (tertiary alicyclic amines) is 1. The van der Waals surface area contributed by atoms with Gasteiger partial charge < -0.3 is 20.4 Å². The normalized spacial score (nSPS) is 13.6. The Hall–Kier alpha value is -4.13. The predicted octanol–water partition coefficient (Wildman–Crippen LogP) is 4.88. The van der Waals surface area contributed by atoms with E-state index in [1.54, 1.807) is 54.4 Å². The Labute approximate surface area is 218 Å². The molecular weight excluding hydrogens is 464 g/mol. The fourth-order valence-electron chi connectivity index (χ4n) is 4.39. The number of hydrogen-bond acceptors (Lipinski definition) is 4. The molecule has 0 spiro atoms. The van der Waals surface area contributed by atoms with Crippen LogP contribution in [0.1, 0.15) is 46.0 Å². The van der Waals surface area contributed by atoms with Crippen molar-refractivity contribution in [1.82, 2.24) is 9.80 Å². The summed E-state index contributed by atoms with van der Waals surface area (Å²) in [6, 6.07) is 24.0. The van der Waals surface area contributed by atoms with Gasteiger partial charge in [0.25, 0.3) is 11.8 Å². The quantitative estimate of drug-likeness (QED) is 0.464. The summed E-state index contributed by atoms with van der Waals surface area (Å²) in [4.78, 5) is 41.6. The summed E-state index contributed by atoms with van der Waals surface area (Å²) in [7, 11) is 1.77. The Bertz CT molecular complexity index is 1220. The van der Waals surface area contributed by atoms with E-state index in [1.807, 2.05) is 41.3 Å². The van der Waals surface area contributed by atoms with Crippen LogP contribution in [0.4, 0.5) is 11.4 Å². The third-order valence-electron chi connectivity index (χ3n) is 6.66. The molecular formula is C30H34N4O3. The summed E-state index contributed by atoms with van der Waals surface area (Å²) in [5.41, 5.74) is 3.55. The zero-order valence-electron chi connectivity index (χ0n) is 21.4. The first-order chi connectivity index (χ1) is 17.9. The van der Waals surface area contributed by atoms with Crippen LogP contribution in [-0.2, 0) is 11.3 Å². The van der Waals surface area contributed by atoms with Crippen molar-refractivity contribution in [1.29, 1.82) is 0 Å². The summed E-state index contributed by atoms with van der Waals surface area (Å²) in [6.07, 6.45) is 2.07. The molecule has 0 aliphatic carbocycles. The van der Waals surface area contributed by atoms with E-state index in [2.05, 4.69) is 17.6 Å². The first-order valence-electron chi connectivity index (χ1n) is 12.7. The minimum Gasteiger partial charge on any atom is -0.376 e. The molecule has 1 saturated heterocycles. The lowest BCUT2D eigenvalue weighted by Gasteiger charge is -2.30. The Morgan fingerprint density at radius 1 is 0.865 bits per heavy atom. The highest BCUT2D eigenvalue weighted by Gasteiger charge is 2.21. The molecule has 37 heavy (non-hydrogen) atoms. The minimum atomic E-state index is -0.220. The monoisotopic (exact) mass is 498 g/mol. The zero-order chi connectivity index (χ0) is 26.2. The van der Waals surface area contributed by atoms with Gasteiger partial charge in [0.05, 0.1) is 6.54 Å². The SMILES string of the molecule is CC1CCN(C(=O)c2ccc(NC(=O)CNc3cccc(C(=O)N(C)Cc4ccccc4)c3)cc2)CC1. The number of piperidine rings is 1. The Morgan fingerprint density at radius 2 is 1.57 bits per heavy atom. The third kappa shape index (κ3) is 7.19. The molecule has 0 radical (unpaired) electrons. The minimum absolute atomic E-state index is 0.0373. The van der Waals surface area contributed by atoms with Crippen LogP contribution in [0.25, 0.3) is 0 Å². The van der Waals surface area contributed by atoms with E-state index < -0.39 is 0 Å². The molecule has 7 heteroatoms. The van der Waals surface area contributed by atoms with E-state index in [-0.39, 0.29) is 24.3 Å². The van der Waals surface area contributed by atoms with E-state index in [0.717, 1.165) is 31.5 Å². The van der Waals surface area contributed by atoms with Gasteiger partial charge in [0.1, 0.15) is 0 Å². The van der Waals surface area contributed by atoms with Crippen LogP contribution in [0.3, 0.4) is 0 Å². The maximum absolute atomic E-state index is 12.9. The van der Waals surface area contributed by atoms with E-state index in [9.17, 15) is 14.4 Å². The van der Waals surface area contributed by atoms with Gasteiger partial charge in [-0.2, -0.15) is 0 Å². The van der Waals surface area contributed by atoms with Crippen LogP contribution < -0.4 is 10.6 Å². The summed E-state index contributed by atoms with van der Waals surface area (Å²) in [5.74, 6) is 0.391. The lowest BCUT2D eigenvalue weighted by atomic mass is 9.98. The molecule has 0 bridgehead atoms. The number of benzene rings is 3.